The second-order valence-corrected chi connectivity index (χ2v) is 6.73. The molecule has 3 aromatic rings. The molecule has 0 saturated carbocycles. The molecule has 0 unspecified atom stereocenters. The molecular weight excluding hydrogens is 410 g/mol. The lowest BCUT2D eigenvalue weighted by atomic mass is 10.1. The average molecular weight is 433 g/mol. The van der Waals surface area contributed by atoms with E-state index in [4.69, 9.17) is 14.2 Å². The van der Waals surface area contributed by atoms with Gasteiger partial charge in [0.15, 0.2) is 11.5 Å². The minimum absolute atomic E-state index is 0.102. The van der Waals surface area contributed by atoms with Crippen molar-refractivity contribution in [3.63, 3.8) is 0 Å². The number of ether oxygens (including phenoxy) is 3. The molecule has 0 atom stereocenters. The van der Waals surface area contributed by atoms with Gasteiger partial charge in [-0.3, -0.25) is 4.79 Å². The maximum atomic E-state index is 12.4. The summed E-state index contributed by atoms with van der Waals surface area (Å²) in [6.07, 6.45) is 2.94. The number of carboxylic acids is 1. The monoisotopic (exact) mass is 433 g/mol. The zero-order chi connectivity index (χ0) is 22.9. The Bertz CT molecular complexity index is 1120. The number of methoxy groups -OCH3 is 2. The summed E-state index contributed by atoms with van der Waals surface area (Å²) in [5.74, 6) is -0.459. The maximum Gasteiger partial charge on any atom is 0.337 e. The lowest BCUT2D eigenvalue weighted by molar-refractivity contribution is -0.111. The van der Waals surface area contributed by atoms with Gasteiger partial charge in [-0.05, 0) is 29.3 Å². The number of carboxylic acid groups (broad SMARTS) is 1. The van der Waals surface area contributed by atoms with Crippen LogP contribution >= 0.6 is 0 Å². The number of anilines is 1. The molecule has 0 aliphatic carbocycles. The van der Waals surface area contributed by atoms with Crippen LogP contribution in [0.4, 0.5) is 5.69 Å². The van der Waals surface area contributed by atoms with Crippen molar-refractivity contribution in [1.29, 1.82) is 0 Å². The first-order valence-corrected chi connectivity index (χ1v) is 9.75. The van der Waals surface area contributed by atoms with E-state index in [0.717, 1.165) is 11.1 Å². The van der Waals surface area contributed by atoms with Crippen LogP contribution < -0.4 is 19.5 Å². The first-order valence-electron chi connectivity index (χ1n) is 9.75. The van der Waals surface area contributed by atoms with E-state index in [1.54, 1.807) is 6.08 Å². The zero-order valence-electron chi connectivity index (χ0n) is 17.7. The fraction of sp³-hybridized carbons (Fsp3) is 0.120. The summed E-state index contributed by atoms with van der Waals surface area (Å²) < 4.78 is 16.1. The summed E-state index contributed by atoms with van der Waals surface area (Å²) in [5.41, 5.74) is 1.80. The van der Waals surface area contributed by atoms with Gasteiger partial charge in [0.05, 0.1) is 25.5 Å². The number of carbonyl (C=O) groups excluding carboxylic acids is 1. The van der Waals surface area contributed by atoms with Gasteiger partial charge in [0.25, 0.3) is 0 Å². The van der Waals surface area contributed by atoms with Gasteiger partial charge >= 0.3 is 5.97 Å². The van der Waals surface area contributed by atoms with Crippen LogP contribution in [0.2, 0.25) is 0 Å². The number of benzene rings is 3. The molecule has 0 saturated heterocycles. The van der Waals surface area contributed by atoms with E-state index in [2.05, 4.69) is 5.32 Å². The van der Waals surface area contributed by atoms with E-state index in [1.165, 1.54) is 32.4 Å². The first-order chi connectivity index (χ1) is 15.5. The summed E-state index contributed by atoms with van der Waals surface area (Å²) in [6, 6.07) is 19.8. The Hall–Kier alpha value is -4.26. The van der Waals surface area contributed by atoms with Crippen molar-refractivity contribution >= 4 is 23.6 Å². The molecule has 3 aromatic carbocycles. The predicted octanol–water partition coefficient (Wildman–Crippen LogP) is 4.63. The second kappa shape index (κ2) is 10.7. The third kappa shape index (κ3) is 5.89. The first kappa shape index (κ1) is 22.4. The highest BCUT2D eigenvalue weighted by Crippen LogP contribution is 2.33. The molecule has 2 N–H and O–H groups in total. The molecule has 0 fully saturated rings. The summed E-state index contributed by atoms with van der Waals surface area (Å²) in [6.45, 7) is 0.436. The molecule has 7 heteroatoms. The van der Waals surface area contributed by atoms with Crippen LogP contribution in [0.15, 0.2) is 72.8 Å². The van der Waals surface area contributed by atoms with Gasteiger partial charge in [0, 0.05) is 18.2 Å². The highest BCUT2D eigenvalue weighted by atomic mass is 16.5. The van der Waals surface area contributed by atoms with E-state index in [-0.39, 0.29) is 17.0 Å². The van der Waals surface area contributed by atoms with E-state index < -0.39 is 11.9 Å². The van der Waals surface area contributed by atoms with Crippen molar-refractivity contribution in [2.45, 2.75) is 6.61 Å². The van der Waals surface area contributed by atoms with Crippen LogP contribution in [-0.2, 0) is 11.4 Å². The van der Waals surface area contributed by atoms with Crippen molar-refractivity contribution < 1.29 is 28.9 Å². The molecule has 1 amide bonds. The molecular formula is C25H23NO6. The van der Waals surface area contributed by atoms with E-state index >= 15 is 0 Å². The van der Waals surface area contributed by atoms with Gasteiger partial charge in [-0.15, -0.1) is 0 Å². The summed E-state index contributed by atoms with van der Waals surface area (Å²) in [4.78, 5) is 24.0. The number of rotatable bonds is 9. The SMILES string of the molecule is COc1cc(NC(=O)/C=C/c2cccc(OCc3ccccc3)c2)c(C(=O)O)cc1OC. The largest absolute Gasteiger partial charge is 0.493 e. The third-order valence-corrected chi connectivity index (χ3v) is 4.55. The number of hydrogen-bond donors (Lipinski definition) is 2. The van der Waals surface area contributed by atoms with Crippen molar-refractivity contribution in [3.8, 4) is 17.2 Å². The number of hydrogen-bond acceptors (Lipinski definition) is 5. The third-order valence-electron chi connectivity index (χ3n) is 4.55. The minimum Gasteiger partial charge on any atom is -0.493 e. The molecule has 0 aliphatic rings. The number of amides is 1. The highest BCUT2D eigenvalue weighted by molar-refractivity contribution is 6.06. The maximum absolute atomic E-state index is 12.4. The van der Waals surface area contributed by atoms with Crippen LogP contribution in [0.3, 0.4) is 0 Å². The van der Waals surface area contributed by atoms with Gasteiger partial charge < -0.3 is 24.6 Å². The average Bonchev–Trinajstić information content (AvgIpc) is 2.82. The molecule has 164 valence electrons. The Morgan fingerprint density at radius 2 is 1.66 bits per heavy atom. The quantitative estimate of drug-likeness (QED) is 0.478. The Labute approximate surface area is 185 Å². The molecule has 0 radical (unpaired) electrons. The van der Waals surface area contributed by atoms with E-state index in [1.807, 2.05) is 54.6 Å². The standard InChI is InChI=1S/C25H23NO6/c1-30-22-14-20(25(28)29)21(15-23(22)31-2)26-24(27)12-11-17-9-6-10-19(13-17)32-16-18-7-4-3-5-8-18/h3-15H,16H2,1-2H3,(H,26,27)(H,28,29)/b12-11+. The fourth-order valence-corrected chi connectivity index (χ4v) is 2.95. The molecule has 3 rings (SSSR count). The highest BCUT2D eigenvalue weighted by Gasteiger charge is 2.17. The fourth-order valence-electron chi connectivity index (χ4n) is 2.95. The zero-order valence-corrected chi connectivity index (χ0v) is 17.7. The second-order valence-electron chi connectivity index (χ2n) is 6.73. The van der Waals surface area contributed by atoms with Crippen LogP contribution in [0, 0.1) is 0 Å². The van der Waals surface area contributed by atoms with Crippen LogP contribution in [0.5, 0.6) is 17.2 Å². The normalized spacial score (nSPS) is 10.6. The Morgan fingerprint density at radius 1 is 0.938 bits per heavy atom. The minimum atomic E-state index is -1.20. The summed E-state index contributed by atoms with van der Waals surface area (Å²) >= 11 is 0. The Morgan fingerprint density at radius 3 is 2.34 bits per heavy atom. The number of nitrogens with one attached hydrogen (secondary N) is 1. The van der Waals surface area contributed by atoms with Crippen LogP contribution in [-0.4, -0.2) is 31.2 Å². The molecule has 0 bridgehead atoms. The molecule has 32 heavy (non-hydrogen) atoms. The predicted molar refractivity (Wildman–Crippen MR) is 121 cm³/mol. The summed E-state index contributed by atoms with van der Waals surface area (Å²) in [5, 5.41) is 12.0. The van der Waals surface area contributed by atoms with Gasteiger partial charge in [0.1, 0.15) is 12.4 Å². The molecule has 7 nitrogen and oxygen atoms in total. The van der Waals surface area contributed by atoms with Crippen LogP contribution in [0.1, 0.15) is 21.5 Å². The molecule has 0 aliphatic heterocycles. The van der Waals surface area contributed by atoms with Crippen molar-refractivity contribution in [1.82, 2.24) is 0 Å². The smallest absolute Gasteiger partial charge is 0.337 e. The topological polar surface area (TPSA) is 94.1 Å². The Balaban J connectivity index is 1.70. The molecule has 0 heterocycles. The Kier molecular flexibility index (Phi) is 7.48. The van der Waals surface area contributed by atoms with Gasteiger partial charge in [-0.1, -0.05) is 42.5 Å². The molecule has 0 aromatic heterocycles. The van der Waals surface area contributed by atoms with Crippen molar-refractivity contribution in [3.05, 3.63) is 89.5 Å². The number of carbonyl (C=O) groups is 2. The lowest BCUT2D eigenvalue weighted by Crippen LogP contribution is -2.12. The summed E-state index contributed by atoms with van der Waals surface area (Å²) in [7, 11) is 2.83. The van der Waals surface area contributed by atoms with Gasteiger partial charge in [-0.2, -0.15) is 0 Å². The van der Waals surface area contributed by atoms with E-state index in [9.17, 15) is 14.7 Å². The van der Waals surface area contributed by atoms with Crippen LogP contribution in [0.25, 0.3) is 6.08 Å². The van der Waals surface area contributed by atoms with Gasteiger partial charge in [-0.25, -0.2) is 4.79 Å². The number of aromatic carboxylic acids is 1. The lowest BCUT2D eigenvalue weighted by Gasteiger charge is -2.13. The molecule has 0 spiro atoms. The van der Waals surface area contributed by atoms with Crippen molar-refractivity contribution in [2.75, 3.05) is 19.5 Å². The van der Waals surface area contributed by atoms with Gasteiger partial charge in [0.2, 0.25) is 5.91 Å². The van der Waals surface area contributed by atoms with Crippen molar-refractivity contribution in [2.24, 2.45) is 0 Å². The van der Waals surface area contributed by atoms with E-state index in [0.29, 0.717) is 18.1 Å².